The van der Waals surface area contributed by atoms with Crippen molar-refractivity contribution in [1.29, 1.82) is 0 Å². The summed E-state index contributed by atoms with van der Waals surface area (Å²) in [7, 11) is 2.94. The van der Waals surface area contributed by atoms with Crippen LogP contribution in [0.2, 0.25) is 0 Å². The Hall–Kier alpha value is -0.410. The van der Waals surface area contributed by atoms with E-state index >= 15 is 0 Å². The first-order chi connectivity index (χ1) is 29.4. The number of aryl methyl sites for hydroxylation is 1. The van der Waals surface area contributed by atoms with Gasteiger partial charge in [-0.05, 0) is 298 Å². The number of hydrogen-bond donors (Lipinski definition) is 0. The molecule has 0 amide bonds. The molecule has 8 aromatic rings. The maximum absolute atomic E-state index is 12.2. The van der Waals surface area contributed by atoms with E-state index in [-0.39, 0.29) is 5.75 Å². The number of methoxy groups -OCH3 is 4. The van der Waals surface area contributed by atoms with Gasteiger partial charge >= 0.3 is 10.1 Å². The largest absolute Gasteiger partial charge is 0.496 e. The van der Waals surface area contributed by atoms with Gasteiger partial charge in [0.05, 0.1) is 34.7 Å². The molecule has 0 radical (unpaired) electrons. The second-order valence-electron chi connectivity index (χ2n) is 13.9. The summed E-state index contributed by atoms with van der Waals surface area (Å²) in [6.07, 6.45) is 1.05. The Bertz CT molecular complexity index is 3150. The summed E-state index contributed by atoms with van der Waals surface area (Å²) in [6.45, 7) is 2.07. The molecule has 0 heterocycles. The van der Waals surface area contributed by atoms with Gasteiger partial charge in [-0.1, -0.05) is 12.1 Å². The minimum absolute atomic E-state index is 0.258. The van der Waals surface area contributed by atoms with Crippen molar-refractivity contribution in [2.24, 2.45) is 0 Å². The fourth-order valence-electron chi connectivity index (χ4n) is 7.61. The predicted molar refractivity (Wildman–Crippen MR) is 322 cm³/mol. The smallest absolute Gasteiger partial charge is 0.306 e. The van der Waals surface area contributed by atoms with E-state index in [1.807, 2.05) is 18.2 Å². The van der Waals surface area contributed by atoms with Gasteiger partial charge in [-0.2, -0.15) is 8.42 Å². The van der Waals surface area contributed by atoms with E-state index in [0.717, 1.165) is 76.0 Å². The maximum atomic E-state index is 12.2. The maximum Gasteiger partial charge on any atom is 0.306 e. The molecule has 16 heteroatoms. The summed E-state index contributed by atoms with van der Waals surface area (Å²) >= 11 is 18.6. The average Bonchev–Trinajstić information content (AvgIpc) is 3.21. The highest BCUT2D eigenvalue weighted by molar-refractivity contribution is 14.1. The average molecular weight is 1740 g/mol. The predicted octanol–water partition coefficient (Wildman–Crippen LogP) is 15.8. The highest BCUT2D eigenvalue weighted by Gasteiger charge is 2.27. The van der Waals surface area contributed by atoms with Crippen molar-refractivity contribution in [3.63, 3.8) is 0 Å². The Morgan fingerprint density at radius 2 is 0.742 bits per heavy atom. The van der Waals surface area contributed by atoms with Crippen molar-refractivity contribution in [2.75, 3.05) is 34.7 Å². The van der Waals surface area contributed by atoms with Gasteiger partial charge in [0, 0.05) is 61.6 Å². The zero-order valence-electron chi connectivity index (χ0n) is 33.4. The van der Waals surface area contributed by atoms with Gasteiger partial charge in [0.15, 0.2) is 5.75 Å². The molecule has 0 saturated carbocycles. The summed E-state index contributed by atoms with van der Waals surface area (Å²) in [5, 5.41) is 8.43. The van der Waals surface area contributed by atoms with E-state index in [1.54, 1.807) is 34.5 Å². The van der Waals surface area contributed by atoms with Gasteiger partial charge in [-0.15, -0.1) is 0 Å². The van der Waals surface area contributed by atoms with Crippen molar-refractivity contribution in [3.05, 3.63) is 119 Å². The molecular weight excluding hydrogens is 1710 g/mol. The fourth-order valence-corrected chi connectivity index (χ4v) is 13.3. The Morgan fingerprint density at radius 1 is 0.387 bits per heavy atom. The third-order valence-corrected chi connectivity index (χ3v) is 16.7. The number of rotatable bonds is 8. The van der Waals surface area contributed by atoms with E-state index < -0.39 is 10.1 Å². The second-order valence-corrected chi connectivity index (χ2v) is 25.1. The topological polar surface area (TPSA) is 80.3 Å². The van der Waals surface area contributed by atoms with E-state index in [9.17, 15) is 8.42 Å². The van der Waals surface area contributed by atoms with Crippen LogP contribution in [-0.4, -0.2) is 43.1 Å². The van der Waals surface area contributed by atoms with Gasteiger partial charge in [0.1, 0.15) is 23.0 Å². The fraction of sp³-hybridized carbons (Fsp3) is 0.130. The SMILES string of the molecule is COc1cc(I)c2cc(I)cc(C)c2c1-c1c(OC)cc(I)c2cc(I)cc(OS(C)(=O)=O)c12.COc1cc(I)c2cc(I)ccc2c1-c1c(OC)cc(I)c2cc(I)ccc12. The zero-order valence-corrected chi connectivity index (χ0v) is 51.4. The normalized spacial score (nSPS) is 11.5. The first kappa shape index (κ1) is 49.5. The minimum Gasteiger partial charge on any atom is -0.496 e. The number of benzene rings is 8. The molecule has 7 nitrogen and oxygen atoms in total. The number of halogens is 8. The zero-order chi connectivity index (χ0) is 44.9. The van der Waals surface area contributed by atoms with Crippen molar-refractivity contribution >= 4 is 234 Å². The van der Waals surface area contributed by atoms with Crippen LogP contribution in [0.5, 0.6) is 28.7 Å². The van der Waals surface area contributed by atoms with Crippen LogP contribution in [0.1, 0.15) is 5.56 Å². The molecule has 8 aromatic carbocycles. The van der Waals surface area contributed by atoms with Gasteiger partial charge in [0.2, 0.25) is 0 Å². The summed E-state index contributed by atoms with van der Waals surface area (Å²) < 4.78 is 62.2. The summed E-state index contributed by atoms with van der Waals surface area (Å²) in [6, 6.07) is 29.3. The lowest BCUT2D eigenvalue weighted by Crippen LogP contribution is -2.07. The molecule has 0 atom stereocenters. The first-order valence-electron chi connectivity index (χ1n) is 18.2. The highest BCUT2D eigenvalue weighted by atomic mass is 127. The lowest BCUT2D eigenvalue weighted by Gasteiger charge is -2.22. The van der Waals surface area contributed by atoms with Crippen LogP contribution >= 0.6 is 181 Å². The van der Waals surface area contributed by atoms with Gasteiger partial charge in [-0.3, -0.25) is 0 Å². The van der Waals surface area contributed by atoms with Crippen LogP contribution < -0.4 is 23.1 Å². The third-order valence-electron chi connectivity index (χ3n) is 10.0. The molecule has 62 heavy (non-hydrogen) atoms. The monoisotopic (exact) mass is 1740 g/mol. The lowest BCUT2D eigenvalue weighted by atomic mass is 9.90. The van der Waals surface area contributed by atoms with Gasteiger partial charge in [-0.25, -0.2) is 0 Å². The molecule has 0 unspecified atom stereocenters. The molecule has 8 rings (SSSR count). The number of fused-ring (bicyclic) bond motifs is 4. The quantitative estimate of drug-likeness (QED) is 0.111. The molecule has 0 N–H and O–H groups in total. The van der Waals surface area contributed by atoms with Gasteiger partial charge < -0.3 is 23.1 Å². The number of ether oxygens (including phenoxy) is 4. The van der Waals surface area contributed by atoms with E-state index in [2.05, 4.69) is 248 Å². The van der Waals surface area contributed by atoms with Crippen LogP contribution in [0.4, 0.5) is 0 Å². The molecule has 0 fully saturated rings. The Morgan fingerprint density at radius 3 is 1.16 bits per heavy atom. The Labute approximate surface area is 469 Å². The second kappa shape index (κ2) is 20.4. The van der Waals surface area contributed by atoms with Crippen LogP contribution in [0.15, 0.2) is 84.9 Å². The minimum atomic E-state index is -3.78. The van der Waals surface area contributed by atoms with Crippen molar-refractivity contribution < 1.29 is 31.5 Å². The Balaban J connectivity index is 0.000000190. The molecule has 320 valence electrons. The lowest BCUT2D eigenvalue weighted by molar-refractivity contribution is 0.410. The molecule has 0 aromatic heterocycles. The molecule has 0 bridgehead atoms. The van der Waals surface area contributed by atoms with Crippen LogP contribution in [0.3, 0.4) is 0 Å². The van der Waals surface area contributed by atoms with Crippen molar-refractivity contribution in [1.82, 2.24) is 0 Å². The number of hydrogen-bond acceptors (Lipinski definition) is 7. The third kappa shape index (κ3) is 10.1. The van der Waals surface area contributed by atoms with E-state index in [1.165, 1.54) is 35.8 Å². The molecule has 0 aliphatic rings. The van der Waals surface area contributed by atoms with E-state index in [0.29, 0.717) is 16.9 Å². The van der Waals surface area contributed by atoms with Crippen molar-refractivity contribution in [3.8, 4) is 51.0 Å². The summed E-state index contributed by atoms with van der Waals surface area (Å²) in [5.41, 5.74) is 4.81. The standard InChI is InChI=1S/C24H18I4O5S.C22H14I4O2/c1-11-5-12(25)6-14-16(27)9-18(31-2)23(21(11)14)24-19(32-3)10-17(28)15-7-13(26)8-20(22(15)24)33-34(4,29)30;1-27-19-9-17(25)15-7-11(23)3-5-13(15)21(19)22-14-6-4-12(24)8-16(14)18(26)10-20(22)28-2/h5-10H,1-4H3;3-10H,1-2H3. The molecule has 0 spiro atoms. The molecular formula is C46H32I8O7S. The van der Waals surface area contributed by atoms with Gasteiger partial charge in [0.25, 0.3) is 0 Å². The summed E-state index contributed by atoms with van der Waals surface area (Å²) in [5.74, 6) is 3.25. The van der Waals surface area contributed by atoms with Crippen LogP contribution in [0.25, 0.3) is 65.3 Å². The van der Waals surface area contributed by atoms with Crippen molar-refractivity contribution in [2.45, 2.75) is 6.92 Å². The van der Waals surface area contributed by atoms with Crippen LogP contribution in [-0.2, 0) is 10.1 Å². The van der Waals surface area contributed by atoms with E-state index in [4.69, 9.17) is 23.1 Å². The first-order valence-corrected chi connectivity index (χ1v) is 28.6. The highest BCUT2D eigenvalue weighted by Crippen LogP contribution is 2.52. The molecule has 0 aliphatic heterocycles. The summed E-state index contributed by atoms with van der Waals surface area (Å²) in [4.78, 5) is 0. The molecule has 0 aliphatic carbocycles. The molecule has 0 saturated heterocycles. The Kier molecular flexibility index (Phi) is 16.3. The van der Waals surface area contributed by atoms with Crippen LogP contribution in [0, 0.1) is 35.5 Å².